The van der Waals surface area contributed by atoms with Gasteiger partial charge in [-0.3, -0.25) is 14.2 Å². The number of carbonyl (C=O) groups excluding carboxylic acids is 1. The maximum absolute atomic E-state index is 12.6. The number of carbonyl (C=O) groups is 1. The van der Waals surface area contributed by atoms with E-state index in [1.165, 1.54) is 0 Å². The molecule has 3 aromatic rings. The van der Waals surface area contributed by atoms with Gasteiger partial charge < -0.3 is 4.90 Å². The molecule has 0 aliphatic carbocycles. The summed E-state index contributed by atoms with van der Waals surface area (Å²) in [6, 6.07) is 1.71. The third-order valence-electron chi connectivity index (χ3n) is 3.68. The molecule has 8 nitrogen and oxygen atoms in total. The summed E-state index contributed by atoms with van der Waals surface area (Å²) in [6.07, 6.45) is 7.06. The monoisotopic (exact) mass is 469 g/mol. The first-order valence-corrected chi connectivity index (χ1v) is 9.23. The van der Waals surface area contributed by atoms with Gasteiger partial charge >= 0.3 is 0 Å². The number of rotatable bonds is 6. The van der Waals surface area contributed by atoms with Gasteiger partial charge in [0, 0.05) is 26.0 Å². The van der Waals surface area contributed by atoms with Crippen molar-refractivity contribution >= 4 is 37.8 Å². The van der Waals surface area contributed by atoms with Crippen molar-refractivity contribution in [3.63, 3.8) is 0 Å². The average Bonchev–Trinajstić information content (AvgIpc) is 3.29. The molecule has 3 heterocycles. The van der Waals surface area contributed by atoms with Crippen LogP contribution in [0.5, 0.6) is 0 Å². The van der Waals surface area contributed by atoms with E-state index in [0.717, 1.165) is 21.2 Å². The number of aromatic nitrogens is 6. The molecule has 0 aliphatic heterocycles. The van der Waals surface area contributed by atoms with E-state index in [1.807, 2.05) is 17.8 Å². The highest BCUT2D eigenvalue weighted by atomic mass is 79.9. The zero-order valence-electron chi connectivity index (χ0n) is 13.8. The number of aryl methyl sites for hydroxylation is 1. The van der Waals surface area contributed by atoms with Crippen LogP contribution in [0.25, 0.3) is 0 Å². The van der Waals surface area contributed by atoms with Gasteiger partial charge in [-0.15, -0.1) is 0 Å². The lowest BCUT2D eigenvalue weighted by Crippen LogP contribution is -2.28. The predicted molar refractivity (Wildman–Crippen MR) is 99.0 cm³/mol. The fourth-order valence-electron chi connectivity index (χ4n) is 2.43. The molecule has 0 aliphatic rings. The number of hydrogen-bond acceptors (Lipinski definition) is 4. The number of amides is 1. The van der Waals surface area contributed by atoms with Gasteiger partial charge in [-0.05, 0) is 44.8 Å². The summed E-state index contributed by atoms with van der Waals surface area (Å²) in [5.41, 5.74) is 1.35. The molecule has 0 N–H and O–H groups in total. The summed E-state index contributed by atoms with van der Waals surface area (Å²) < 4.78 is 7.05. The molecule has 0 fully saturated rings. The summed E-state index contributed by atoms with van der Waals surface area (Å²) in [4.78, 5) is 14.3. The van der Waals surface area contributed by atoms with Gasteiger partial charge in [0.25, 0.3) is 5.91 Å². The Labute approximate surface area is 161 Å². The molecular weight excluding hydrogens is 454 g/mol. The maximum Gasteiger partial charge on any atom is 0.274 e. The molecule has 25 heavy (non-hydrogen) atoms. The van der Waals surface area contributed by atoms with Crippen molar-refractivity contribution < 1.29 is 4.79 Å². The van der Waals surface area contributed by atoms with Gasteiger partial charge in [0.15, 0.2) is 0 Å². The quantitative estimate of drug-likeness (QED) is 0.555. The smallest absolute Gasteiger partial charge is 0.274 e. The molecule has 1 amide bonds. The lowest BCUT2D eigenvalue weighted by Gasteiger charge is -2.17. The van der Waals surface area contributed by atoms with Crippen molar-refractivity contribution in [3.05, 3.63) is 51.2 Å². The molecule has 0 aromatic carbocycles. The second-order valence-electron chi connectivity index (χ2n) is 5.50. The molecule has 0 atom stereocenters. The van der Waals surface area contributed by atoms with Crippen LogP contribution in [0.15, 0.2) is 39.8 Å². The van der Waals surface area contributed by atoms with Crippen LogP contribution in [0, 0.1) is 0 Å². The van der Waals surface area contributed by atoms with Gasteiger partial charge in [-0.2, -0.15) is 15.3 Å². The highest BCUT2D eigenvalue weighted by Crippen LogP contribution is 2.18. The lowest BCUT2D eigenvalue weighted by molar-refractivity contribution is 0.0774. The fraction of sp³-hybridized carbons (Fsp3) is 0.333. The Morgan fingerprint density at radius 2 is 2.04 bits per heavy atom. The van der Waals surface area contributed by atoms with Crippen molar-refractivity contribution in [3.8, 4) is 0 Å². The van der Waals surface area contributed by atoms with Crippen molar-refractivity contribution in [2.45, 2.75) is 26.7 Å². The third kappa shape index (κ3) is 4.01. The van der Waals surface area contributed by atoms with Gasteiger partial charge in [-0.1, -0.05) is 0 Å². The van der Waals surface area contributed by atoms with E-state index < -0.39 is 0 Å². The van der Waals surface area contributed by atoms with E-state index in [4.69, 9.17) is 0 Å². The molecule has 3 rings (SSSR count). The zero-order chi connectivity index (χ0) is 18.0. The summed E-state index contributed by atoms with van der Waals surface area (Å²) >= 11 is 6.83. The minimum absolute atomic E-state index is 0.142. The van der Waals surface area contributed by atoms with E-state index in [1.54, 1.807) is 46.0 Å². The number of hydrogen-bond donors (Lipinski definition) is 0. The normalized spacial score (nSPS) is 11.0. The number of halogens is 2. The number of nitrogens with zero attached hydrogens (tertiary/aromatic N) is 7. The van der Waals surface area contributed by atoms with Gasteiger partial charge in [0.1, 0.15) is 12.4 Å². The minimum Gasteiger partial charge on any atom is -0.334 e. The summed E-state index contributed by atoms with van der Waals surface area (Å²) in [5, 5.41) is 12.8. The van der Waals surface area contributed by atoms with E-state index in [0.29, 0.717) is 18.9 Å². The molecule has 3 aromatic heterocycles. The van der Waals surface area contributed by atoms with E-state index >= 15 is 0 Å². The van der Waals surface area contributed by atoms with Crippen molar-refractivity contribution in [1.82, 2.24) is 34.2 Å². The Hall–Kier alpha value is -1.94. The van der Waals surface area contributed by atoms with Gasteiger partial charge in [0.2, 0.25) is 0 Å². The first kappa shape index (κ1) is 17.9. The standard InChI is InChI=1S/C15H17Br2N7O/c1-3-24-14(12(17)7-19-24)9-21(2)15(25)13-4-5-22(20-13)10-23-8-11(16)6-18-23/h4-8H,3,9-10H2,1-2H3. The largest absolute Gasteiger partial charge is 0.334 e. The minimum atomic E-state index is -0.142. The first-order valence-electron chi connectivity index (χ1n) is 7.65. The topological polar surface area (TPSA) is 73.8 Å². The Bertz CT molecular complexity index is 882. The molecule has 132 valence electrons. The lowest BCUT2D eigenvalue weighted by atomic mass is 10.3. The van der Waals surface area contributed by atoms with Crippen LogP contribution in [-0.2, 0) is 19.8 Å². The molecule has 10 heteroatoms. The van der Waals surface area contributed by atoms with Crippen LogP contribution >= 0.6 is 31.9 Å². The van der Waals surface area contributed by atoms with Crippen molar-refractivity contribution in [2.24, 2.45) is 0 Å². The van der Waals surface area contributed by atoms with Gasteiger partial charge in [-0.25, -0.2) is 4.68 Å². The van der Waals surface area contributed by atoms with Gasteiger partial charge in [0.05, 0.1) is 33.6 Å². The zero-order valence-corrected chi connectivity index (χ0v) is 17.0. The fourth-order valence-corrected chi connectivity index (χ4v) is 3.18. The summed E-state index contributed by atoms with van der Waals surface area (Å²) in [6.45, 7) is 3.65. The highest BCUT2D eigenvalue weighted by Gasteiger charge is 2.18. The second kappa shape index (κ2) is 7.52. The maximum atomic E-state index is 12.6. The van der Waals surface area contributed by atoms with Crippen LogP contribution in [0.4, 0.5) is 0 Å². The van der Waals surface area contributed by atoms with Crippen molar-refractivity contribution in [2.75, 3.05) is 7.05 Å². The van der Waals surface area contributed by atoms with Crippen LogP contribution < -0.4 is 0 Å². The molecule has 0 radical (unpaired) electrons. The van der Waals surface area contributed by atoms with E-state index in [2.05, 4.69) is 47.2 Å². The molecule has 0 unspecified atom stereocenters. The molecular formula is C15H17Br2N7O. The summed E-state index contributed by atoms with van der Waals surface area (Å²) in [7, 11) is 1.76. The second-order valence-corrected chi connectivity index (χ2v) is 7.27. The SMILES string of the molecule is CCn1ncc(Br)c1CN(C)C(=O)c1ccn(Cn2cc(Br)cn2)n1. The Kier molecular flexibility index (Phi) is 5.38. The molecule has 0 saturated heterocycles. The third-order valence-corrected chi connectivity index (χ3v) is 4.75. The van der Waals surface area contributed by atoms with E-state index in [-0.39, 0.29) is 5.91 Å². The average molecular weight is 471 g/mol. The van der Waals surface area contributed by atoms with E-state index in [9.17, 15) is 4.79 Å². The highest BCUT2D eigenvalue weighted by molar-refractivity contribution is 9.10. The van der Waals surface area contributed by atoms with Crippen LogP contribution in [0.3, 0.4) is 0 Å². The van der Waals surface area contributed by atoms with Crippen LogP contribution in [0.1, 0.15) is 23.1 Å². The first-order chi connectivity index (χ1) is 12.0. The Morgan fingerprint density at radius 1 is 1.24 bits per heavy atom. The van der Waals surface area contributed by atoms with Crippen LogP contribution in [-0.4, -0.2) is 47.2 Å². The molecule has 0 saturated carbocycles. The molecule has 0 bridgehead atoms. The van der Waals surface area contributed by atoms with Crippen LogP contribution in [0.2, 0.25) is 0 Å². The van der Waals surface area contributed by atoms with Crippen molar-refractivity contribution in [1.29, 1.82) is 0 Å². The predicted octanol–water partition coefficient (Wildman–Crippen LogP) is 2.60. The Balaban J connectivity index is 1.69. The summed E-state index contributed by atoms with van der Waals surface area (Å²) in [5.74, 6) is -0.142. The molecule has 0 spiro atoms. The Morgan fingerprint density at radius 3 is 2.72 bits per heavy atom.